The molecule has 1 aromatic carbocycles. The van der Waals surface area contributed by atoms with Gasteiger partial charge in [0.1, 0.15) is 11.9 Å². The van der Waals surface area contributed by atoms with Gasteiger partial charge in [0.2, 0.25) is 0 Å². The van der Waals surface area contributed by atoms with Crippen LogP contribution in [0.4, 0.5) is 0 Å². The Labute approximate surface area is 159 Å². The van der Waals surface area contributed by atoms with Crippen LogP contribution in [0.2, 0.25) is 14.4 Å². The van der Waals surface area contributed by atoms with Gasteiger partial charge in [-0.25, -0.2) is 4.98 Å². The molecule has 0 saturated carbocycles. The number of nitrogens with zero attached hydrogens (tertiary/aromatic N) is 2. The minimum atomic E-state index is -0.0592. The molecule has 1 atom stereocenters. The Kier molecular flexibility index (Phi) is 6.06. The summed E-state index contributed by atoms with van der Waals surface area (Å²) >= 11 is 19.9. The van der Waals surface area contributed by atoms with Gasteiger partial charge in [-0.15, -0.1) is 11.3 Å². The summed E-state index contributed by atoms with van der Waals surface area (Å²) in [5.74, 6) is 0.596. The molecule has 0 aliphatic heterocycles. The first-order valence-electron chi connectivity index (χ1n) is 7.42. The molecule has 1 unspecified atom stereocenters. The summed E-state index contributed by atoms with van der Waals surface area (Å²) in [7, 11) is 0. The van der Waals surface area contributed by atoms with E-state index in [0.29, 0.717) is 22.3 Å². The summed E-state index contributed by atoms with van der Waals surface area (Å²) in [6.07, 6.45) is 7.10. The smallest absolute Gasteiger partial charge is 0.139 e. The molecule has 24 heavy (non-hydrogen) atoms. The van der Waals surface area contributed by atoms with E-state index in [1.807, 2.05) is 22.9 Å². The van der Waals surface area contributed by atoms with Crippen LogP contribution in [0.5, 0.6) is 5.75 Å². The number of ether oxygens (including phenoxy) is 1. The Balaban J connectivity index is 1.72. The number of aryl methyl sites for hydroxylation is 1. The first-order valence-corrected chi connectivity index (χ1v) is 9.37. The van der Waals surface area contributed by atoms with Gasteiger partial charge in [-0.2, -0.15) is 0 Å². The number of aromatic nitrogens is 2. The molecule has 3 nitrogen and oxygen atoms in total. The molecular weight excluding hydrogens is 387 g/mol. The lowest BCUT2D eigenvalue weighted by Gasteiger charge is -2.20. The van der Waals surface area contributed by atoms with E-state index in [1.165, 1.54) is 4.88 Å². The van der Waals surface area contributed by atoms with Gasteiger partial charge >= 0.3 is 0 Å². The largest absolute Gasteiger partial charge is 0.487 e. The highest BCUT2D eigenvalue weighted by atomic mass is 35.5. The maximum absolute atomic E-state index is 6.22. The molecule has 0 N–H and O–H groups in total. The zero-order valence-electron chi connectivity index (χ0n) is 12.7. The Morgan fingerprint density at radius 2 is 2.04 bits per heavy atom. The number of thiophene rings is 1. The summed E-state index contributed by atoms with van der Waals surface area (Å²) in [5.41, 5.74) is 0. The predicted molar refractivity (Wildman–Crippen MR) is 101 cm³/mol. The number of rotatable bonds is 7. The molecule has 3 rings (SSSR count). The zero-order valence-corrected chi connectivity index (χ0v) is 15.7. The Morgan fingerprint density at radius 1 is 1.17 bits per heavy atom. The number of benzene rings is 1. The lowest BCUT2D eigenvalue weighted by molar-refractivity contribution is 0.171. The fourth-order valence-corrected chi connectivity index (χ4v) is 3.78. The highest BCUT2D eigenvalue weighted by Crippen LogP contribution is 2.30. The Bertz CT molecular complexity index is 789. The molecule has 0 fully saturated rings. The molecule has 2 heterocycles. The van der Waals surface area contributed by atoms with E-state index in [9.17, 15) is 0 Å². The van der Waals surface area contributed by atoms with Crippen molar-refractivity contribution in [2.24, 2.45) is 0 Å². The average molecular weight is 402 g/mol. The van der Waals surface area contributed by atoms with E-state index in [0.717, 1.165) is 17.2 Å². The summed E-state index contributed by atoms with van der Waals surface area (Å²) < 4.78 is 8.93. The molecular formula is C17H15Cl3N2OS. The van der Waals surface area contributed by atoms with Gasteiger partial charge in [-0.05, 0) is 37.1 Å². The van der Waals surface area contributed by atoms with E-state index in [1.54, 1.807) is 42.1 Å². The maximum atomic E-state index is 6.22. The van der Waals surface area contributed by atoms with Crippen molar-refractivity contribution >= 4 is 46.1 Å². The lowest BCUT2D eigenvalue weighted by atomic mass is 10.1. The first-order chi connectivity index (χ1) is 11.6. The monoisotopic (exact) mass is 400 g/mol. The number of imidazole rings is 1. The van der Waals surface area contributed by atoms with Crippen LogP contribution < -0.4 is 4.74 Å². The van der Waals surface area contributed by atoms with Crippen LogP contribution >= 0.6 is 46.1 Å². The summed E-state index contributed by atoms with van der Waals surface area (Å²) in [5, 5.41) is 1.15. The molecule has 0 saturated heterocycles. The average Bonchev–Trinajstić information content (AvgIpc) is 3.20. The molecule has 0 aliphatic rings. The van der Waals surface area contributed by atoms with Gasteiger partial charge in [-0.1, -0.05) is 34.8 Å². The van der Waals surface area contributed by atoms with Crippen molar-refractivity contribution in [1.82, 2.24) is 9.55 Å². The van der Waals surface area contributed by atoms with E-state index in [2.05, 4.69) is 4.98 Å². The minimum absolute atomic E-state index is 0.0592. The van der Waals surface area contributed by atoms with Crippen molar-refractivity contribution in [2.75, 3.05) is 0 Å². The van der Waals surface area contributed by atoms with Crippen molar-refractivity contribution in [3.8, 4) is 5.75 Å². The van der Waals surface area contributed by atoms with Crippen LogP contribution in [-0.2, 0) is 13.0 Å². The number of halogens is 3. The van der Waals surface area contributed by atoms with Gasteiger partial charge in [0.25, 0.3) is 0 Å². The number of hydrogen-bond donors (Lipinski definition) is 0. The first kappa shape index (κ1) is 17.6. The summed E-state index contributed by atoms with van der Waals surface area (Å²) in [6.45, 7) is 0.682. The third-order valence-electron chi connectivity index (χ3n) is 3.50. The highest BCUT2D eigenvalue weighted by Gasteiger charge is 2.15. The van der Waals surface area contributed by atoms with Crippen LogP contribution in [0, 0.1) is 0 Å². The van der Waals surface area contributed by atoms with Gasteiger partial charge in [0.15, 0.2) is 0 Å². The van der Waals surface area contributed by atoms with Crippen molar-refractivity contribution in [2.45, 2.75) is 25.5 Å². The van der Waals surface area contributed by atoms with Crippen molar-refractivity contribution in [3.63, 3.8) is 0 Å². The topological polar surface area (TPSA) is 27.1 Å². The fraction of sp³-hybridized carbons (Fsp3) is 0.235. The van der Waals surface area contributed by atoms with Crippen molar-refractivity contribution in [3.05, 3.63) is 68.3 Å². The van der Waals surface area contributed by atoms with E-state index in [-0.39, 0.29) is 6.10 Å². The molecule has 7 heteroatoms. The predicted octanol–water partition coefficient (Wildman–Crippen LogP) is 5.99. The lowest BCUT2D eigenvalue weighted by Crippen LogP contribution is -2.23. The molecule has 0 radical (unpaired) electrons. The van der Waals surface area contributed by atoms with Gasteiger partial charge in [-0.3, -0.25) is 0 Å². The quantitative estimate of drug-likeness (QED) is 0.486. The van der Waals surface area contributed by atoms with Gasteiger partial charge < -0.3 is 9.30 Å². The molecule has 3 aromatic rings. The molecule has 2 aromatic heterocycles. The van der Waals surface area contributed by atoms with Crippen molar-refractivity contribution < 1.29 is 4.74 Å². The molecule has 126 valence electrons. The maximum Gasteiger partial charge on any atom is 0.139 e. The normalized spacial score (nSPS) is 12.3. The SMILES string of the molecule is Clc1ccc(Cl)c(OC(CCc2ccc(Cl)s2)Cn2ccnc2)c1. The second-order valence-electron chi connectivity index (χ2n) is 5.32. The third kappa shape index (κ3) is 4.90. The van der Waals surface area contributed by atoms with Gasteiger partial charge in [0, 0.05) is 28.4 Å². The van der Waals surface area contributed by atoms with E-state index in [4.69, 9.17) is 39.5 Å². The van der Waals surface area contributed by atoms with Crippen LogP contribution in [-0.4, -0.2) is 15.7 Å². The molecule has 0 bridgehead atoms. The minimum Gasteiger partial charge on any atom is -0.487 e. The van der Waals surface area contributed by atoms with Crippen molar-refractivity contribution in [1.29, 1.82) is 0 Å². The molecule has 0 spiro atoms. The van der Waals surface area contributed by atoms with Crippen LogP contribution in [0.15, 0.2) is 49.1 Å². The third-order valence-corrected chi connectivity index (χ3v) is 5.34. The van der Waals surface area contributed by atoms with Crippen LogP contribution in [0.25, 0.3) is 0 Å². The zero-order chi connectivity index (χ0) is 16.9. The van der Waals surface area contributed by atoms with E-state index >= 15 is 0 Å². The second-order valence-corrected chi connectivity index (χ2v) is 7.96. The number of hydrogen-bond acceptors (Lipinski definition) is 3. The Morgan fingerprint density at radius 3 is 2.75 bits per heavy atom. The van der Waals surface area contributed by atoms with Crippen LogP contribution in [0.1, 0.15) is 11.3 Å². The summed E-state index contributed by atoms with van der Waals surface area (Å²) in [4.78, 5) is 5.31. The standard InChI is InChI=1S/C17H15Cl3N2OS/c18-12-1-5-15(19)16(9-12)23-13(10-22-8-7-21-11-22)2-3-14-4-6-17(20)24-14/h1,4-9,11,13H,2-3,10H2. The highest BCUT2D eigenvalue weighted by molar-refractivity contribution is 7.16. The second kappa shape index (κ2) is 8.26. The van der Waals surface area contributed by atoms with E-state index < -0.39 is 0 Å². The van der Waals surface area contributed by atoms with Gasteiger partial charge in [0.05, 0.1) is 22.2 Å². The Hall–Kier alpha value is -1.20. The fourth-order valence-electron chi connectivity index (χ4n) is 2.35. The van der Waals surface area contributed by atoms with Crippen LogP contribution in [0.3, 0.4) is 0 Å². The molecule has 0 amide bonds. The molecule has 0 aliphatic carbocycles. The summed E-state index contributed by atoms with van der Waals surface area (Å²) in [6, 6.07) is 9.20.